The van der Waals surface area contributed by atoms with Gasteiger partial charge in [-0.15, -0.1) is 0 Å². The summed E-state index contributed by atoms with van der Waals surface area (Å²) in [6.45, 7) is 0.0831. The second-order valence-electron chi connectivity index (χ2n) is 5.13. The number of carboxylic acids is 2. The third-order valence-corrected chi connectivity index (χ3v) is 3.51. The molecule has 1 rings (SSSR count). The summed E-state index contributed by atoms with van der Waals surface area (Å²) >= 11 is 0. The molecule has 0 aromatic heterocycles. The summed E-state index contributed by atoms with van der Waals surface area (Å²) in [6.07, 6.45) is 3.44. The molecule has 0 amide bonds. The summed E-state index contributed by atoms with van der Waals surface area (Å²) in [4.78, 5) is 22.6. The molecule has 0 saturated carbocycles. The molecule has 122 valence electrons. The van der Waals surface area contributed by atoms with Crippen molar-refractivity contribution in [1.82, 2.24) is 0 Å². The van der Waals surface area contributed by atoms with Crippen LogP contribution in [0, 0.1) is 0 Å². The van der Waals surface area contributed by atoms with Gasteiger partial charge in [-0.05, 0) is 61.8 Å². The van der Waals surface area contributed by atoms with Crippen LogP contribution >= 0.6 is 0 Å². The van der Waals surface area contributed by atoms with Gasteiger partial charge in [-0.2, -0.15) is 0 Å². The van der Waals surface area contributed by atoms with Crippen molar-refractivity contribution in [1.29, 1.82) is 0 Å². The summed E-state index contributed by atoms with van der Waals surface area (Å²) in [7, 11) is 0. The minimum Gasteiger partial charge on any atom is -0.478 e. The second-order valence-corrected chi connectivity index (χ2v) is 5.13. The largest absolute Gasteiger partial charge is 0.478 e. The number of aliphatic hydroxyl groups excluding tert-OH is 2. The Labute approximate surface area is 129 Å². The maximum Gasteiger partial charge on any atom is 0.335 e. The van der Waals surface area contributed by atoms with Crippen LogP contribution in [0.2, 0.25) is 0 Å². The number of unbranched alkanes of at least 4 members (excludes halogenated alkanes) is 2. The number of rotatable bonds is 10. The van der Waals surface area contributed by atoms with Gasteiger partial charge in [0.25, 0.3) is 0 Å². The van der Waals surface area contributed by atoms with Crippen LogP contribution in [0.3, 0.4) is 0 Å². The van der Waals surface area contributed by atoms with E-state index in [0.717, 1.165) is 0 Å². The van der Waals surface area contributed by atoms with Crippen molar-refractivity contribution < 1.29 is 30.0 Å². The van der Waals surface area contributed by atoms with Crippen LogP contribution in [-0.2, 0) is 12.8 Å². The van der Waals surface area contributed by atoms with Gasteiger partial charge in [0.05, 0.1) is 11.1 Å². The van der Waals surface area contributed by atoms with Crippen molar-refractivity contribution in [3.63, 3.8) is 0 Å². The molecule has 4 N–H and O–H groups in total. The van der Waals surface area contributed by atoms with E-state index < -0.39 is 11.9 Å². The van der Waals surface area contributed by atoms with Gasteiger partial charge in [0.2, 0.25) is 0 Å². The molecule has 0 heterocycles. The second kappa shape index (κ2) is 9.17. The molecule has 0 radical (unpaired) electrons. The molecule has 0 aliphatic heterocycles. The molecular formula is C16H22O6. The summed E-state index contributed by atoms with van der Waals surface area (Å²) < 4.78 is 0. The first-order valence-electron chi connectivity index (χ1n) is 7.35. The molecule has 0 fully saturated rings. The number of benzene rings is 1. The standard InChI is InChI=1S/C16H22O6/c17-7-3-1-5-11-9-12(15(19)20)10-14(16(21)22)13(11)6-2-4-8-18/h9-10,17-18H,1-8H2,(H,19,20)(H,21,22). The van der Waals surface area contributed by atoms with Crippen LogP contribution in [-0.4, -0.2) is 45.6 Å². The molecule has 0 aliphatic rings. The van der Waals surface area contributed by atoms with Gasteiger partial charge in [-0.1, -0.05) is 0 Å². The topological polar surface area (TPSA) is 115 Å². The molecule has 1 aromatic rings. The molecule has 22 heavy (non-hydrogen) atoms. The number of carbonyl (C=O) groups is 2. The zero-order valence-corrected chi connectivity index (χ0v) is 12.4. The van der Waals surface area contributed by atoms with Crippen molar-refractivity contribution in [3.05, 3.63) is 34.4 Å². The predicted molar refractivity (Wildman–Crippen MR) is 80.4 cm³/mol. The number of aryl methyl sites for hydroxylation is 1. The fourth-order valence-corrected chi connectivity index (χ4v) is 2.41. The Morgan fingerprint density at radius 1 is 0.818 bits per heavy atom. The molecule has 0 aliphatic carbocycles. The SMILES string of the molecule is O=C(O)c1cc(CCCCO)c(CCCCO)c(C(=O)O)c1. The van der Waals surface area contributed by atoms with E-state index in [2.05, 4.69) is 0 Å². The highest BCUT2D eigenvalue weighted by molar-refractivity contribution is 5.95. The molecule has 0 atom stereocenters. The van der Waals surface area contributed by atoms with Gasteiger partial charge in [-0.25, -0.2) is 9.59 Å². The molecule has 0 saturated heterocycles. The lowest BCUT2D eigenvalue weighted by atomic mass is 9.91. The van der Waals surface area contributed by atoms with E-state index in [1.807, 2.05) is 0 Å². The van der Waals surface area contributed by atoms with E-state index in [9.17, 15) is 14.7 Å². The van der Waals surface area contributed by atoms with E-state index in [1.165, 1.54) is 12.1 Å². The molecule has 6 nitrogen and oxygen atoms in total. The zero-order chi connectivity index (χ0) is 16.5. The lowest BCUT2D eigenvalue weighted by Crippen LogP contribution is -2.11. The Bertz CT molecular complexity index is 524. The fourth-order valence-electron chi connectivity index (χ4n) is 2.41. The van der Waals surface area contributed by atoms with Crippen LogP contribution < -0.4 is 0 Å². The third-order valence-electron chi connectivity index (χ3n) is 3.51. The fraction of sp³-hybridized carbons (Fsp3) is 0.500. The molecule has 0 bridgehead atoms. The van der Waals surface area contributed by atoms with Gasteiger partial charge in [-0.3, -0.25) is 0 Å². The Balaban J connectivity index is 3.19. The van der Waals surface area contributed by atoms with Gasteiger partial charge < -0.3 is 20.4 Å². The molecule has 6 heteroatoms. The van der Waals surface area contributed by atoms with E-state index in [-0.39, 0.29) is 24.3 Å². The number of hydrogen-bond donors (Lipinski definition) is 4. The van der Waals surface area contributed by atoms with Crippen LogP contribution in [0.1, 0.15) is 57.5 Å². The monoisotopic (exact) mass is 310 g/mol. The van der Waals surface area contributed by atoms with Crippen molar-refractivity contribution >= 4 is 11.9 Å². The Kier molecular flexibility index (Phi) is 7.56. The van der Waals surface area contributed by atoms with Gasteiger partial charge in [0.1, 0.15) is 0 Å². The van der Waals surface area contributed by atoms with Crippen molar-refractivity contribution in [2.24, 2.45) is 0 Å². The van der Waals surface area contributed by atoms with Crippen LogP contribution in [0.15, 0.2) is 12.1 Å². The zero-order valence-electron chi connectivity index (χ0n) is 12.4. The van der Waals surface area contributed by atoms with Gasteiger partial charge in [0.15, 0.2) is 0 Å². The summed E-state index contributed by atoms with van der Waals surface area (Å²) in [5.41, 5.74) is 1.30. The Morgan fingerprint density at radius 3 is 1.91 bits per heavy atom. The molecule has 1 aromatic carbocycles. The van der Waals surface area contributed by atoms with Crippen molar-refractivity contribution in [3.8, 4) is 0 Å². The highest BCUT2D eigenvalue weighted by Crippen LogP contribution is 2.23. The first-order chi connectivity index (χ1) is 10.5. The van der Waals surface area contributed by atoms with Crippen molar-refractivity contribution in [2.75, 3.05) is 13.2 Å². The average molecular weight is 310 g/mol. The highest BCUT2D eigenvalue weighted by atomic mass is 16.4. The maximum atomic E-state index is 11.4. The van der Waals surface area contributed by atoms with E-state index in [0.29, 0.717) is 49.7 Å². The number of aromatic carboxylic acids is 2. The van der Waals surface area contributed by atoms with E-state index >= 15 is 0 Å². The molecular weight excluding hydrogens is 288 g/mol. The maximum absolute atomic E-state index is 11.4. The smallest absolute Gasteiger partial charge is 0.335 e. The van der Waals surface area contributed by atoms with Gasteiger partial charge in [0, 0.05) is 13.2 Å². The number of aliphatic hydroxyl groups is 2. The average Bonchev–Trinajstić information content (AvgIpc) is 2.48. The quantitative estimate of drug-likeness (QED) is 0.489. The first-order valence-corrected chi connectivity index (χ1v) is 7.35. The van der Waals surface area contributed by atoms with Crippen LogP contribution in [0.5, 0.6) is 0 Å². The lowest BCUT2D eigenvalue weighted by Gasteiger charge is -2.14. The Hall–Kier alpha value is -1.92. The minimum atomic E-state index is -1.16. The highest BCUT2D eigenvalue weighted by Gasteiger charge is 2.18. The number of hydrogen-bond acceptors (Lipinski definition) is 4. The van der Waals surface area contributed by atoms with E-state index in [4.69, 9.17) is 15.3 Å². The summed E-state index contributed by atoms with van der Waals surface area (Å²) in [5.74, 6) is -2.31. The molecule has 0 unspecified atom stereocenters. The lowest BCUT2D eigenvalue weighted by molar-refractivity contribution is 0.0695. The van der Waals surface area contributed by atoms with Crippen molar-refractivity contribution in [2.45, 2.75) is 38.5 Å². The van der Waals surface area contributed by atoms with E-state index in [1.54, 1.807) is 0 Å². The number of carboxylic acid groups (broad SMARTS) is 2. The summed E-state index contributed by atoms with van der Waals surface area (Å²) in [5, 5.41) is 36.2. The van der Waals surface area contributed by atoms with Crippen LogP contribution in [0.25, 0.3) is 0 Å². The summed E-state index contributed by atoms with van der Waals surface area (Å²) in [6, 6.07) is 2.70. The van der Waals surface area contributed by atoms with Crippen LogP contribution in [0.4, 0.5) is 0 Å². The molecule has 0 spiro atoms. The first kappa shape index (κ1) is 18.1. The normalized spacial score (nSPS) is 10.6. The van der Waals surface area contributed by atoms with Gasteiger partial charge >= 0.3 is 11.9 Å². The minimum absolute atomic E-state index is 0.0110. The third kappa shape index (κ3) is 5.13. The Morgan fingerprint density at radius 2 is 1.41 bits per heavy atom. The predicted octanol–water partition coefficient (Wildman–Crippen LogP) is 1.71.